The fraction of sp³-hybridized carbons (Fsp3) is 0.571. The van der Waals surface area contributed by atoms with E-state index in [0.29, 0.717) is 22.6 Å². The quantitative estimate of drug-likeness (QED) is 0.530. The molecule has 0 spiro atoms. The Balaban J connectivity index is 2.74. The molecule has 1 heterocycles. The zero-order valence-corrected chi connectivity index (χ0v) is 17.6. The number of hydrogen-bond donors (Lipinski definition) is 0. The Kier molecular flexibility index (Phi) is 6.74. The minimum absolute atomic E-state index is 0.0287. The zero-order chi connectivity index (χ0) is 21.3. The van der Waals surface area contributed by atoms with Crippen molar-refractivity contribution in [2.45, 2.75) is 71.6 Å². The maximum atomic E-state index is 13.7. The molecule has 1 aromatic rings. The highest BCUT2D eigenvalue weighted by atomic mass is 35.5. The van der Waals surface area contributed by atoms with E-state index in [2.05, 4.69) is 0 Å². The van der Waals surface area contributed by atoms with Crippen molar-refractivity contribution < 1.29 is 27.4 Å². The van der Waals surface area contributed by atoms with Crippen molar-refractivity contribution in [2.24, 2.45) is 0 Å². The number of benzene rings is 1. The van der Waals surface area contributed by atoms with Gasteiger partial charge in [0.15, 0.2) is 0 Å². The van der Waals surface area contributed by atoms with Gasteiger partial charge in [0.25, 0.3) is 0 Å². The van der Waals surface area contributed by atoms with Gasteiger partial charge in [-0.05, 0) is 42.9 Å². The largest absolute Gasteiger partial charge is 0.475 e. The third-order valence-electron chi connectivity index (χ3n) is 4.53. The van der Waals surface area contributed by atoms with Crippen LogP contribution in [-0.4, -0.2) is 24.9 Å². The van der Waals surface area contributed by atoms with Crippen LogP contribution < -0.4 is 4.74 Å². The van der Waals surface area contributed by atoms with Gasteiger partial charge >= 0.3 is 12.1 Å². The molecule has 1 aliphatic rings. The summed E-state index contributed by atoms with van der Waals surface area (Å²) in [6.07, 6.45) is -3.72. The van der Waals surface area contributed by atoms with E-state index in [0.717, 1.165) is 18.4 Å². The second kappa shape index (κ2) is 8.36. The topological polar surface area (TPSA) is 35.5 Å². The monoisotopic (exact) mass is 418 g/mol. The van der Waals surface area contributed by atoms with Gasteiger partial charge < -0.3 is 9.47 Å². The van der Waals surface area contributed by atoms with E-state index >= 15 is 0 Å². The summed E-state index contributed by atoms with van der Waals surface area (Å²) in [7, 11) is 0. The molecular formula is C21H26ClF3O3. The predicted octanol–water partition coefficient (Wildman–Crippen LogP) is 6.25. The number of alkyl halides is 3. The summed E-state index contributed by atoms with van der Waals surface area (Å²) in [5.41, 5.74) is 0.869. The molecule has 0 saturated carbocycles. The third kappa shape index (κ3) is 4.65. The van der Waals surface area contributed by atoms with Gasteiger partial charge in [0.05, 0.1) is 12.2 Å². The Morgan fingerprint density at radius 1 is 1.25 bits per heavy atom. The van der Waals surface area contributed by atoms with E-state index < -0.39 is 23.8 Å². The van der Waals surface area contributed by atoms with E-state index in [1.807, 2.05) is 27.7 Å². The maximum Gasteiger partial charge on any atom is 0.430 e. The van der Waals surface area contributed by atoms with Crippen molar-refractivity contribution in [2.75, 3.05) is 6.61 Å². The summed E-state index contributed by atoms with van der Waals surface area (Å²) in [6, 6.07) is 1.57. The van der Waals surface area contributed by atoms with Crippen molar-refractivity contribution in [1.82, 2.24) is 0 Å². The minimum Gasteiger partial charge on any atom is -0.475 e. The first-order valence-electron chi connectivity index (χ1n) is 9.39. The highest BCUT2D eigenvalue weighted by Gasteiger charge is 2.49. The van der Waals surface area contributed by atoms with Gasteiger partial charge in [-0.3, -0.25) is 0 Å². The molecule has 0 N–H and O–H groups in total. The first-order valence-corrected chi connectivity index (χ1v) is 9.77. The summed E-state index contributed by atoms with van der Waals surface area (Å²) in [5.74, 6) is -0.889. The number of rotatable bonds is 5. The molecule has 0 saturated heterocycles. The molecule has 1 unspecified atom stereocenters. The second-order valence-electron chi connectivity index (χ2n) is 7.84. The van der Waals surface area contributed by atoms with E-state index in [1.165, 1.54) is 13.0 Å². The highest BCUT2D eigenvalue weighted by molar-refractivity contribution is 6.32. The SMILES string of the molecule is CCCCc1c2c(cc(Cl)c1C(C)(C)C)C=C(C(=O)OCC)C(C(F)(F)F)O2. The van der Waals surface area contributed by atoms with Gasteiger partial charge in [-0.2, -0.15) is 13.2 Å². The number of carbonyl (C=O) groups excluding carboxylic acids is 1. The lowest BCUT2D eigenvalue weighted by molar-refractivity contribution is -0.188. The van der Waals surface area contributed by atoms with Crippen LogP contribution in [0, 0.1) is 0 Å². The number of fused-ring (bicyclic) bond motifs is 1. The summed E-state index contributed by atoms with van der Waals surface area (Å²) in [6.45, 7) is 9.39. The maximum absolute atomic E-state index is 13.7. The molecule has 0 fully saturated rings. The normalized spacial score (nSPS) is 16.9. The van der Waals surface area contributed by atoms with Crippen LogP contribution in [0.4, 0.5) is 13.2 Å². The Morgan fingerprint density at radius 2 is 1.89 bits per heavy atom. The second-order valence-corrected chi connectivity index (χ2v) is 8.25. The number of ether oxygens (including phenoxy) is 2. The lowest BCUT2D eigenvalue weighted by Crippen LogP contribution is -2.41. The summed E-state index contributed by atoms with van der Waals surface area (Å²) < 4.78 is 51.3. The minimum atomic E-state index is -4.75. The van der Waals surface area contributed by atoms with E-state index in [1.54, 1.807) is 6.07 Å². The Bertz CT molecular complexity index is 777. The van der Waals surface area contributed by atoms with Gasteiger partial charge in [-0.15, -0.1) is 0 Å². The molecule has 3 nitrogen and oxygen atoms in total. The van der Waals surface area contributed by atoms with Gasteiger partial charge in [-0.1, -0.05) is 45.7 Å². The summed E-state index contributed by atoms with van der Waals surface area (Å²) in [5, 5.41) is 0.450. The van der Waals surface area contributed by atoms with Crippen LogP contribution in [0.2, 0.25) is 5.02 Å². The Labute approximate surface area is 168 Å². The first-order chi connectivity index (χ1) is 12.9. The Hall–Kier alpha value is -1.69. The van der Waals surface area contributed by atoms with Crippen LogP contribution in [0.15, 0.2) is 11.6 Å². The molecule has 7 heteroatoms. The number of halogens is 4. The van der Waals surface area contributed by atoms with Crippen molar-refractivity contribution in [3.05, 3.63) is 33.4 Å². The number of carbonyl (C=O) groups is 1. The van der Waals surface area contributed by atoms with Gasteiger partial charge in [0.1, 0.15) is 5.75 Å². The number of hydrogen-bond acceptors (Lipinski definition) is 3. The van der Waals surface area contributed by atoms with Crippen LogP contribution in [0.3, 0.4) is 0 Å². The van der Waals surface area contributed by atoms with Crippen LogP contribution in [0.5, 0.6) is 5.75 Å². The summed E-state index contributed by atoms with van der Waals surface area (Å²) >= 11 is 6.52. The lowest BCUT2D eigenvalue weighted by atomic mass is 9.80. The molecule has 0 radical (unpaired) electrons. The lowest BCUT2D eigenvalue weighted by Gasteiger charge is -2.33. The van der Waals surface area contributed by atoms with Crippen LogP contribution in [-0.2, 0) is 21.4 Å². The Morgan fingerprint density at radius 3 is 2.39 bits per heavy atom. The molecule has 156 valence electrons. The predicted molar refractivity (Wildman–Crippen MR) is 104 cm³/mol. The molecular weight excluding hydrogens is 393 g/mol. The van der Waals surface area contributed by atoms with Crippen molar-refractivity contribution in [1.29, 1.82) is 0 Å². The average molecular weight is 419 g/mol. The van der Waals surface area contributed by atoms with Crippen LogP contribution >= 0.6 is 11.6 Å². The average Bonchev–Trinajstić information content (AvgIpc) is 2.56. The molecule has 28 heavy (non-hydrogen) atoms. The van der Waals surface area contributed by atoms with Gasteiger partial charge in [0.2, 0.25) is 6.10 Å². The van der Waals surface area contributed by atoms with Crippen molar-refractivity contribution in [3.63, 3.8) is 0 Å². The van der Waals surface area contributed by atoms with E-state index in [4.69, 9.17) is 21.1 Å². The standard InChI is InChI=1S/C21H26ClF3O3/c1-6-8-9-13-16(20(3,4)5)15(22)11-12-10-14(19(26)27-7-2)18(21(23,24)25)28-17(12)13/h10-11,18H,6-9H2,1-5H3. The molecule has 1 aliphatic heterocycles. The highest BCUT2D eigenvalue weighted by Crippen LogP contribution is 2.46. The van der Waals surface area contributed by atoms with Gasteiger partial charge in [-0.25, -0.2) is 4.79 Å². The first kappa shape index (κ1) is 22.6. The fourth-order valence-electron chi connectivity index (χ4n) is 3.40. The molecule has 0 amide bonds. The molecule has 0 aromatic heterocycles. The van der Waals surface area contributed by atoms with E-state index in [9.17, 15) is 18.0 Å². The zero-order valence-electron chi connectivity index (χ0n) is 16.8. The molecule has 0 bridgehead atoms. The third-order valence-corrected chi connectivity index (χ3v) is 4.83. The smallest absolute Gasteiger partial charge is 0.430 e. The molecule has 1 aromatic carbocycles. The van der Waals surface area contributed by atoms with E-state index in [-0.39, 0.29) is 17.8 Å². The molecule has 2 rings (SSSR count). The number of unbranched alkanes of at least 4 members (excludes halogenated alkanes) is 1. The van der Waals surface area contributed by atoms with Crippen LogP contribution in [0.25, 0.3) is 6.08 Å². The molecule has 1 atom stereocenters. The van der Waals surface area contributed by atoms with Crippen LogP contribution in [0.1, 0.15) is 64.2 Å². The summed E-state index contributed by atoms with van der Waals surface area (Å²) in [4.78, 5) is 12.1. The van der Waals surface area contributed by atoms with Crippen molar-refractivity contribution in [3.8, 4) is 5.75 Å². The fourth-order valence-corrected chi connectivity index (χ4v) is 3.92. The van der Waals surface area contributed by atoms with Crippen molar-refractivity contribution >= 4 is 23.6 Å². The van der Waals surface area contributed by atoms with Gasteiger partial charge in [0, 0.05) is 16.1 Å². The molecule has 0 aliphatic carbocycles. The number of esters is 1.